The van der Waals surface area contributed by atoms with Crippen molar-refractivity contribution in [2.45, 2.75) is 90.1 Å². The Bertz CT molecular complexity index is 312. The number of unbranched alkanes of at least 4 members (excludes halogenated alkanes) is 1. The number of hydrogen-bond donors (Lipinski definition) is 2. The van der Waals surface area contributed by atoms with Gasteiger partial charge < -0.3 is 10.6 Å². The van der Waals surface area contributed by atoms with Gasteiger partial charge in [-0.15, -0.1) is 12.4 Å². The van der Waals surface area contributed by atoms with Crippen LogP contribution in [0.4, 0.5) is 0 Å². The molecule has 1 amide bonds. The van der Waals surface area contributed by atoms with Crippen LogP contribution in [0.15, 0.2) is 0 Å². The van der Waals surface area contributed by atoms with Gasteiger partial charge >= 0.3 is 0 Å². The number of halogens is 1. The first-order chi connectivity index (χ1) is 10.2. The molecule has 0 aliphatic carbocycles. The Kier molecular flexibility index (Phi) is 9.42. The van der Waals surface area contributed by atoms with E-state index in [0.29, 0.717) is 29.8 Å². The standard InChI is InChI=1S/C18H34N2O.ClH/c1-3-5-7-14(6-4-2)13-19-18(21)12-15-10-16-8-9-17(11-15)20-16;/h14-17,20H,3-13H2,1-2H3,(H,19,21);1H. The highest BCUT2D eigenvalue weighted by Gasteiger charge is 2.34. The third-order valence-electron chi connectivity index (χ3n) is 5.30. The van der Waals surface area contributed by atoms with E-state index < -0.39 is 0 Å². The molecule has 2 bridgehead atoms. The van der Waals surface area contributed by atoms with Crippen molar-refractivity contribution in [3.05, 3.63) is 0 Å². The lowest BCUT2D eigenvalue weighted by Crippen LogP contribution is -2.40. The van der Waals surface area contributed by atoms with Crippen LogP contribution in [0, 0.1) is 11.8 Å². The average Bonchev–Trinajstić information content (AvgIpc) is 2.81. The maximum Gasteiger partial charge on any atom is 0.220 e. The number of nitrogens with one attached hydrogen (secondary N) is 2. The van der Waals surface area contributed by atoms with Crippen LogP contribution in [0.2, 0.25) is 0 Å². The number of rotatable bonds is 9. The van der Waals surface area contributed by atoms with E-state index in [1.54, 1.807) is 0 Å². The molecule has 2 rings (SSSR count). The molecule has 2 aliphatic rings. The van der Waals surface area contributed by atoms with Gasteiger partial charge in [0.05, 0.1) is 0 Å². The summed E-state index contributed by atoms with van der Waals surface area (Å²) < 4.78 is 0. The molecule has 2 N–H and O–H groups in total. The zero-order valence-corrected chi connectivity index (χ0v) is 15.2. The summed E-state index contributed by atoms with van der Waals surface area (Å²) in [6.07, 6.45) is 12.1. The van der Waals surface area contributed by atoms with E-state index in [4.69, 9.17) is 0 Å². The van der Waals surface area contributed by atoms with Crippen LogP contribution in [0.3, 0.4) is 0 Å². The third-order valence-corrected chi connectivity index (χ3v) is 5.30. The number of piperidine rings is 1. The molecule has 3 nitrogen and oxygen atoms in total. The van der Waals surface area contributed by atoms with Crippen molar-refractivity contribution in [3.63, 3.8) is 0 Å². The molecule has 0 saturated carbocycles. The van der Waals surface area contributed by atoms with Gasteiger partial charge in [0.25, 0.3) is 0 Å². The molecule has 3 unspecified atom stereocenters. The molecular weight excluding hydrogens is 296 g/mol. The van der Waals surface area contributed by atoms with Gasteiger partial charge in [-0.3, -0.25) is 4.79 Å². The smallest absolute Gasteiger partial charge is 0.220 e. The number of carbonyl (C=O) groups is 1. The number of fused-ring (bicyclic) bond motifs is 2. The van der Waals surface area contributed by atoms with E-state index in [2.05, 4.69) is 24.5 Å². The number of amides is 1. The highest BCUT2D eigenvalue weighted by atomic mass is 35.5. The molecule has 2 fully saturated rings. The van der Waals surface area contributed by atoms with Crippen molar-refractivity contribution in [1.82, 2.24) is 10.6 Å². The molecule has 0 aromatic heterocycles. The fourth-order valence-electron chi connectivity index (χ4n) is 4.18. The van der Waals surface area contributed by atoms with E-state index in [-0.39, 0.29) is 12.4 Å². The lowest BCUT2D eigenvalue weighted by molar-refractivity contribution is -0.122. The van der Waals surface area contributed by atoms with Crippen LogP contribution >= 0.6 is 12.4 Å². The normalized spacial score (nSPS) is 28.0. The van der Waals surface area contributed by atoms with E-state index in [9.17, 15) is 4.79 Å². The first-order valence-corrected chi connectivity index (χ1v) is 9.24. The Labute approximate surface area is 142 Å². The molecule has 3 atom stereocenters. The average molecular weight is 331 g/mol. The summed E-state index contributed by atoms with van der Waals surface area (Å²) in [7, 11) is 0. The fraction of sp³-hybridized carbons (Fsp3) is 0.944. The van der Waals surface area contributed by atoms with Crippen LogP contribution in [-0.2, 0) is 4.79 Å². The summed E-state index contributed by atoms with van der Waals surface area (Å²) in [5.74, 6) is 1.59. The number of carbonyl (C=O) groups excluding carboxylic acids is 1. The monoisotopic (exact) mass is 330 g/mol. The first kappa shape index (κ1) is 19.8. The van der Waals surface area contributed by atoms with Gasteiger partial charge in [0.1, 0.15) is 0 Å². The van der Waals surface area contributed by atoms with E-state index in [1.165, 1.54) is 57.8 Å². The minimum atomic E-state index is 0. The third kappa shape index (κ3) is 6.45. The molecule has 4 heteroatoms. The molecule has 0 radical (unpaired) electrons. The van der Waals surface area contributed by atoms with Crippen LogP contribution in [-0.4, -0.2) is 24.5 Å². The van der Waals surface area contributed by atoms with E-state index in [1.807, 2.05) is 0 Å². The van der Waals surface area contributed by atoms with Gasteiger partial charge in [-0.2, -0.15) is 0 Å². The SMILES string of the molecule is CCCCC(CCC)CNC(=O)CC1CC2CCC(C1)N2.Cl. The lowest BCUT2D eigenvalue weighted by Gasteiger charge is -2.28. The Morgan fingerprint density at radius 3 is 2.41 bits per heavy atom. The van der Waals surface area contributed by atoms with Crippen LogP contribution in [0.5, 0.6) is 0 Å². The van der Waals surface area contributed by atoms with E-state index in [0.717, 1.165) is 13.0 Å². The predicted molar refractivity (Wildman–Crippen MR) is 95.5 cm³/mol. The molecule has 0 aromatic rings. The van der Waals surface area contributed by atoms with Gasteiger partial charge in [0.2, 0.25) is 5.91 Å². The molecule has 0 aromatic carbocycles. The summed E-state index contributed by atoms with van der Waals surface area (Å²) in [5.41, 5.74) is 0. The van der Waals surface area contributed by atoms with E-state index >= 15 is 0 Å². The second-order valence-electron chi connectivity index (χ2n) is 7.28. The first-order valence-electron chi connectivity index (χ1n) is 9.24. The summed E-state index contributed by atoms with van der Waals surface area (Å²) in [4.78, 5) is 12.2. The van der Waals surface area contributed by atoms with Crippen molar-refractivity contribution in [2.24, 2.45) is 11.8 Å². The lowest BCUT2D eigenvalue weighted by atomic mass is 9.89. The minimum absolute atomic E-state index is 0. The van der Waals surface area contributed by atoms with Crippen molar-refractivity contribution in [1.29, 1.82) is 0 Å². The Morgan fingerprint density at radius 2 is 1.82 bits per heavy atom. The molecular formula is C18H35ClN2O. The maximum absolute atomic E-state index is 12.2. The van der Waals surface area contributed by atoms with Gasteiger partial charge in [0, 0.05) is 25.0 Å². The Hall–Kier alpha value is -0.280. The maximum atomic E-state index is 12.2. The van der Waals surface area contributed by atoms with Crippen LogP contribution in [0.1, 0.15) is 78.1 Å². The summed E-state index contributed by atoms with van der Waals surface area (Å²) in [5, 5.41) is 6.87. The topological polar surface area (TPSA) is 41.1 Å². The van der Waals surface area contributed by atoms with Gasteiger partial charge in [0.15, 0.2) is 0 Å². The zero-order valence-electron chi connectivity index (χ0n) is 14.4. The van der Waals surface area contributed by atoms with Gasteiger partial charge in [-0.25, -0.2) is 0 Å². The summed E-state index contributed by atoms with van der Waals surface area (Å²) in [6, 6.07) is 1.39. The number of hydrogen-bond acceptors (Lipinski definition) is 2. The highest BCUT2D eigenvalue weighted by molar-refractivity contribution is 5.85. The highest BCUT2D eigenvalue weighted by Crippen LogP contribution is 2.32. The Morgan fingerprint density at radius 1 is 1.14 bits per heavy atom. The summed E-state index contributed by atoms with van der Waals surface area (Å²) in [6.45, 7) is 5.38. The van der Waals surface area contributed by atoms with Gasteiger partial charge in [-0.05, 0) is 50.4 Å². The van der Waals surface area contributed by atoms with Crippen molar-refractivity contribution >= 4 is 18.3 Å². The fourth-order valence-corrected chi connectivity index (χ4v) is 4.18. The predicted octanol–water partition coefficient (Wildman–Crippen LogP) is 4.05. The van der Waals surface area contributed by atoms with Crippen LogP contribution in [0.25, 0.3) is 0 Å². The van der Waals surface area contributed by atoms with Crippen molar-refractivity contribution in [3.8, 4) is 0 Å². The molecule has 0 spiro atoms. The van der Waals surface area contributed by atoms with Gasteiger partial charge in [-0.1, -0.05) is 33.1 Å². The second-order valence-corrected chi connectivity index (χ2v) is 7.28. The van der Waals surface area contributed by atoms with Crippen LogP contribution < -0.4 is 10.6 Å². The second kappa shape index (κ2) is 10.5. The minimum Gasteiger partial charge on any atom is -0.356 e. The zero-order chi connectivity index (χ0) is 15.1. The molecule has 22 heavy (non-hydrogen) atoms. The molecule has 2 heterocycles. The summed E-state index contributed by atoms with van der Waals surface area (Å²) >= 11 is 0. The van der Waals surface area contributed by atoms with Crippen molar-refractivity contribution < 1.29 is 4.79 Å². The molecule has 2 aliphatic heterocycles. The quantitative estimate of drug-likeness (QED) is 0.669. The molecule has 130 valence electrons. The largest absolute Gasteiger partial charge is 0.356 e. The molecule has 2 saturated heterocycles. The Balaban J connectivity index is 0.00000242. The van der Waals surface area contributed by atoms with Crippen molar-refractivity contribution in [2.75, 3.05) is 6.54 Å².